The number of benzene rings is 2. The normalized spacial score (nSPS) is 13.9. The Morgan fingerprint density at radius 3 is 2.82 bits per heavy atom. The van der Waals surface area contributed by atoms with E-state index in [9.17, 15) is 9.90 Å². The van der Waals surface area contributed by atoms with Crippen molar-refractivity contribution >= 4 is 39.4 Å². The van der Waals surface area contributed by atoms with Crippen molar-refractivity contribution in [3.8, 4) is 0 Å². The monoisotopic (exact) mass is 555 g/mol. The summed E-state index contributed by atoms with van der Waals surface area (Å²) in [6, 6.07) is 16.4. The van der Waals surface area contributed by atoms with Crippen molar-refractivity contribution in [2.45, 2.75) is 32.6 Å². The topological polar surface area (TPSA) is 86.2 Å². The molecule has 2 aromatic carbocycles. The number of hydrogen-bond acceptors (Lipinski definition) is 4. The van der Waals surface area contributed by atoms with E-state index in [-0.39, 0.29) is 12.5 Å². The third kappa shape index (κ3) is 4.68. The number of nitrogens with one attached hydrogen (secondary N) is 2. The Kier molecular flexibility index (Phi) is 6.48. The van der Waals surface area contributed by atoms with Gasteiger partial charge in [0, 0.05) is 64.5 Å². The molecule has 0 fully saturated rings. The summed E-state index contributed by atoms with van der Waals surface area (Å²) in [6.45, 7) is 3.20. The third-order valence-corrected chi connectivity index (χ3v) is 6.89. The van der Waals surface area contributed by atoms with Gasteiger partial charge in [0.2, 0.25) is 0 Å². The van der Waals surface area contributed by atoms with Gasteiger partial charge >= 0.3 is 0 Å². The number of nitrogens with zero attached hydrogens (tertiary/aromatic N) is 3. The van der Waals surface area contributed by atoms with Crippen molar-refractivity contribution in [2.24, 2.45) is 0 Å². The van der Waals surface area contributed by atoms with Crippen LogP contribution in [-0.4, -0.2) is 43.8 Å². The van der Waals surface area contributed by atoms with Gasteiger partial charge in [-0.05, 0) is 51.9 Å². The number of carbonyl (C=O) groups excluding carboxylic acids is 1. The highest BCUT2D eigenvalue weighted by molar-refractivity contribution is 14.1. The Morgan fingerprint density at radius 1 is 1.18 bits per heavy atom. The van der Waals surface area contributed by atoms with E-state index in [0.29, 0.717) is 25.3 Å². The molecule has 5 rings (SSSR count). The van der Waals surface area contributed by atoms with Crippen LogP contribution in [0.5, 0.6) is 0 Å². The van der Waals surface area contributed by atoms with Gasteiger partial charge in [-0.2, -0.15) is 5.10 Å². The molecule has 0 atom stereocenters. The molecular formula is C25H26IN5O2. The maximum atomic E-state index is 13.1. The van der Waals surface area contributed by atoms with Crippen LogP contribution in [0.4, 0.5) is 0 Å². The van der Waals surface area contributed by atoms with Crippen LogP contribution in [0.1, 0.15) is 32.9 Å². The first-order chi connectivity index (χ1) is 16.1. The predicted octanol–water partition coefficient (Wildman–Crippen LogP) is 3.45. The molecule has 8 heteroatoms. The van der Waals surface area contributed by atoms with Gasteiger partial charge < -0.3 is 15.4 Å². The van der Waals surface area contributed by atoms with Crippen LogP contribution in [-0.2, 0) is 32.6 Å². The molecule has 0 aliphatic carbocycles. The highest BCUT2D eigenvalue weighted by Crippen LogP contribution is 2.26. The highest BCUT2D eigenvalue weighted by Gasteiger charge is 2.28. The van der Waals surface area contributed by atoms with Gasteiger partial charge in [-0.3, -0.25) is 14.4 Å². The van der Waals surface area contributed by atoms with E-state index in [1.165, 1.54) is 10.9 Å². The average molecular weight is 555 g/mol. The number of halogens is 1. The predicted molar refractivity (Wildman–Crippen MR) is 136 cm³/mol. The van der Waals surface area contributed by atoms with Gasteiger partial charge in [0.05, 0.1) is 13.2 Å². The molecule has 170 valence electrons. The lowest BCUT2D eigenvalue weighted by Gasteiger charge is -2.27. The molecule has 0 unspecified atom stereocenters. The van der Waals surface area contributed by atoms with Crippen LogP contribution in [0.25, 0.3) is 10.9 Å². The minimum atomic E-state index is -0.171. The summed E-state index contributed by atoms with van der Waals surface area (Å²) >= 11 is 2.27. The third-order valence-electron chi connectivity index (χ3n) is 6.18. The number of aliphatic hydroxyl groups is 1. The lowest BCUT2D eigenvalue weighted by Crippen LogP contribution is -2.32. The molecule has 3 N–H and O–H groups in total. The fourth-order valence-electron chi connectivity index (χ4n) is 4.52. The van der Waals surface area contributed by atoms with Crippen LogP contribution in [0.3, 0.4) is 0 Å². The molecule has 0 saturated heterocycles. The number of H-pyrrole nitrogens is 1. The van der Waals surface area contributed by atoms with Crippen molar-refractivity contribution in [2.75, 3.05) is 13.2 Å². The second-order valence-corrected chi connectivity index (χ2v) is 9.60. The van der Waals surface area contributed by atoms with Crippen LogP contribution in [0.2, 0.25) is 0 Å². The summed E-state index contributed by atoms with van der Waals surface area (Å²) in [7, 11) is 0. The molecule has 1 amide bonds. The van der Waals surface area contributed by atoms with Gasteiger partial charge in [0.15, 0.2) is 5.69 Å². The first-order valence-electron chi connectivity index (χ1n) is 11.1. The number of fused-ring (bicyclic) bond motifs is 2. The van der Waals surface area contributed by atoms with E-state index in [1.807, 2.05) is 30.3 Å². The summed E-state index contributed by atoms with van der Waals surface area (Å²) in [5.41, 5.74) is 5.92. The number of amides is 1. The van der Waals surface area contributed by atoms with E-state index < -0.39 is 0 Å². The zero-order valence-corrected chi connectivity index (χ0v) is 20.4. The Balaban J connectivity index is 1.35. The van der Waals surface area contributed by atoms with Crippen LogP contribution in [0.15, 0.2) is 54.7 Å². The van der Waals surface area contributed by atoms with Crippen LogP contribution >= 0.6 is 22.6 Å². The number of aromatic amines is 1. The molecule has 7 nitrogen and oxygen atoms in total. The van der Waals surface area contributed by atoms with Crippen molar-refractivity contribution < 1.29 is 9.90 Å². The van der Waals surface area contributed by atoms with E-state index in [2.05, 4.69) is 67.3 Å². The number of aliphatic hydroxyl groups excluding tert-OH is 1. The SMILES string of the molecule is O=C(NCc1ccc(I)cc1)c1nn(CCO)c2c1CN(Cc1c[nH]c3ccccc13)CC2. The Morgan fingerprint density at radius 2 is 2.00 bits per heavy atom. The summed E-state index contributed by atoms with van der Waals surface area (Å²) in [5.74, 6) is -0.171. The zero-order chi connectivity index (χ0) is 22.8. The summed E-state index contributed by atoms with van der Waals surface area (Å²) in [6.07, 6.45) is 2.87. The van der Waals surface area contributed by atoms with Gasteiger partial charge in [-0.15, -0.1) is 0 Å². The number of para-hydroxylation sites is 1. The maximum Gasteiger partial charge on any atom is 0.272 e. The van der Waals surface area contributed by atoms with Gasteiger partial charge in [-0.1, -0.05) is 30.3 Å². The zero-order valence-electron chi connectivity index (χ0n) is 18.2. The number of rotatable bonds is 7. The smallest absolute Gasteiger partial charge is 0.272 e. The van der Waals surface area contributed by atoms with Gasteiger partial charge in [-0.25, -0.2) is 0 Å². The lowest BCUT2D eigenvalue weighted by atomic mass is 10.0. The maximum absolute atomic E-state index is 13.1. The van der Waals surface area contributed by atoms with E-state index in [0.717, 1.165) is 45.4 Å². The van der Waals surface area contributed by atoms with Crippen molar-refractivity contribution in [1.82, 2.24) is 25.0 Å². The Bertz CT molecular complexity index is 1280. The molecule has 4 aromatic rings. The van der Waals surface area contributed by atoms with Gasteiger partial charge in [0.1, 0.15) is 0 Å². The second kappa shape index (κ2) is 9.66. The molecule has 2 aromatic heterocycles. The van der Waals surface area contributed by atoms with E-state index in [1.54, 1.807) is 4.68 Å². The largest absolute Gasteiger partial charge is 0.394 e. The number of hydrogen-bond donors (Lipinski definition) is 3. The van der Waals surface area contributed by atoms with E-state index in [4.69, 9.17) is 0 Å². The summed E-state index contributed by atoms with van der Waals surface area (Å²) in [5, 5.41) is 18.3. The number of carbonyl (C=O) groups is 1. The first kappa shape index (κ1) is 22.1. The molecule has 33 heavy (non-hydrogen) atoms. The number of aromatic nitrogens is 3. The Hall–Kier alpha value is -2.69. The summed E-state index contributed by atoms with van der Waals surface area (Å²) < 4.78 is 2.97. The first-order valence-corrected chi connectivity index (χ1v) is 12.2. The van der Waals surface area contributed by atoms with Crippen LogP contribution in [0, 0.1) is 3.57 Å². The molecule has 0 spiro atoms. The van der Waals surface area contributed by atoms with Crippen molar-refractivity contribution in [3.63, 3.8) is 0 Å². The average Bonchev–Trinajstić information content (AvgIpc) is 3.40. The van der Waals surface area contributed by atoms with E-state index >= 15 is 0 Å². The molecule has 0 bridgehead atoms. The molecule has 1 aliphatic rings. The minimum absolute atomic E-state index is 0.00309. The quantitative estimate of drug-likeness (QED) is 0.305. The lowest BCUT2D eigenvalue weighted by molar-refractivity contribution is 0.0942. The fourth-order valence-corrected chi connectivity index (χ4v) is 4.87. The fraction of sp³-hybridized carbons (Fsp3) is 0.280. The van der Waals surface area contributed by atoms with Crippen molar-refractivity contribution in [1.29, 1.82) is 0 Å². The molecule has 1 aliphatic heterocycles. The molecule has 3 heterocycles. The summed E-state index contributed by atoms with van der Waals surface area (Å²) in [4.78, 5) is 18.8. The standard InChI is InChI=1S/C25H26IN5O2/c26-19-7-5-17(6-8-19)13-28-25(33)24-21-16-30(10-9-23(21)31(29-24)11-12-32)15-18-14-27-22-4-2-1-3-20(18)22/h1-8,14,27,32H,9-13,15-16H2,(H,28,33). The van der Waals surface area contributed by atoms with Crippen LogP contribution < -0.4 is 5.32 Å². The minimum Gasteiger partial charge on any atom is -0.394 e. The molecule has 0 radical (unpaired) electrons. The second-order valence-electron chi connectivity index (χ2n) is 8.35. The highest BCUT2D eigenvalue weighted by atomic mass is 127. The molecule has 0 saturated carbocycles. The van der Waals surface area contributed by atoms with Gasteiger partial charge in [0.25, 0.3) is 5.91 Å². The Labute approximate surface area is 205 Å². The van der Waals surface area contributed by atoms with Crippen molar-refractivity contribution in [3.05, 3.63) is 86.4 Å². The molecular weight excluding hydrogens is 529 g/mol.